The molecule has 0 radical (unpaired) electrons. The number of halogens is 2. The van der Waals surface area contributed by atoms with Gasteiger partial charge < -0.3 is 10.4 Å². The summed E-state index contributed by atoms with van der Waals surface area (Å²) in [6.45, 7) is 0.253. The van der Waals surface area contributed by atoms with Crippen molar-refractivity contribution in [2.24, 2.45) is 5.92 Å². The molecular weight excluding hydrogens is 358 g/mol. The number of nitrogens with zero attached hydrogens (tertiary/aromatic N) is 1. The van der Waals surface area contributed by atoms with E-state index in [0.717, 1.165) is 22.7 Å². The quantitative estimate of drug-likeness (QED) is 0.794. The number of nitrogens with one attached hydrogen (secondary N) is 1. The zero-order valence-electron chi connectivity index (χ0n) is 13.4. The largest absolute Gasteiger partial charge is 0.479 e. The molecule has 0 aromatic heterocycles. The van der Waals surface area contributed by atoms with Crippen LogP contribution in [0, 0.1) is 17.6 Å². The first kappa shape index (κ1) is 19.3. The summed E-state index contributed by atoms with van der Waals surface area (Å²) in [5.41, 5.74) is -0.115. The molecule has 1 amide bonds. The molecule has 2 atom stereocenters. The minimum atomic E-state index is -3.45. The van der Waals surface area contributed by atoms with Crippen LogP contribution in [0.4, 0.5) is 8.78 Å². The zero-order valence-corrected chi connectivity index (χ0v) is 14.2. The molecule has 1 saturated heterocycles. The van der Waals surface area contributed by atoms with Crippen LogP contribution in [0.1, 0.15) is 24.4 Å². The van der Waals surface area contributed by atoms with E-state index in [1.807, 2.05) is 0 Å². The summed E-state index contributed by atoms with van der Waals surface area (Å²) in [6, 6.07) is 0.995. The lowest BCUT2D eigenvalue weighted by Crippen LogP contribution is -2.46. The van der Waals surface area contributed by atoms with Gasteiger partial charge in [-0.15, -0.1) is 0 Å². The van der Waals surface area contributed by atoms with Crippen LogP contribution in [0.3, 0.4) is 0 Å². The molecule has 0 saturated carbocycles. The first-order chi connectivity index (χ1) is 11.6. The molecule has 2 N–H and O–H groups in total. The number of carboxylic acids is 1. The van der Waals surface area contributed by atoms with Crippen LogP contribution >= 0.6 is 0 Å². The van der Waals surface area contributed by atoms with Crippen molar-refractivity contribution in [2.45, 2.75) is 18.9 Å². The summed E-state index contributed by atoms with van der Waals surface area (Å²) < 4.78 is 50.7. The van der Waals surface area contributed by atoms with Crippen LogP contribution in [0.2, 0.25) is 0 Å². The Kier molecular flexibility index (Phi) is 5.73. The van der Waals surface area contributed by atoms with E-state index in [0.29, 0.717) is 25.5 Å². The number of piperidine rings is 1. The van der Waals surface area contributed by atoms with Crippen LogP contribution in [0.25, 0.3) is 0 Å². The molecular formula is C15H18F2N2O5S. The average molecular weight is 376 g/mol. The second-order valence-electron chi connectivity index (χ2n) is 5.91. The lowest BCUT2D eigenvalue weighted by molar-refractivity contribution is -0.143. The Morgan fingerprint density at radius 2 is 2.00 bits per heavy atom. The van der Waals surface area contributed by atoms with Crippen LogP contribution in [-0.2, 0) is 19.6 Å². The topological polar surface area (TPSA) is 104 Å². The molecule has 1 aromatic rings. The number of carboxylic acid groups (broad SMARTS) is 1. The van der Waals surface area contributed by atoms with E-state index in [-0.39, 0.29) is 12.1 Å². The van der Waals surface area contributed by atoms with E-state index >= 15 is 0 Å². The third-order valence-corrected chi connectivity index (χ3v) is 5.30. The zero-order chi connectivity index (χ0) is 18.8. The fraction of sp³-hybridized carbons (Fsp3) is 0.467. The number of benzene rings is 1. The van der Waals surface area contributed by atoms with Crippen LogP contribution < -0.4 is 5.32 Å². The van der Waals surface area contributed by atoms with Crippen molar-refractivity contribution in [3.05, 3.63) is 35.4 Å². The lowest BCUT2D eigenvalue weighted by Gasteiger charge is -2.30. The van der Waals surface area contributed by atoms with Gasteiger partial charge in [0.25, 0.3) is 0 Å². The molecule has 138 valence electrons. The third-order valence-electron chi connectivity index (χ3n) is 4.03. The average Bonchev–Trinajstić information content (AvgIpc) is 2.54. The number of hydrogen-bond donors (Lipinski definition) is 2. The number of amides is 1. The molecule has 0 spiro atoms. The van der Waals surface area contributed by atoms with E-state index in [2.05, 4.69) is 5.32 Å². The molecule has 2 rings (SSSR count). The second kappa shape index (κ2) is 7.44. The molecule has 10 heteroatoms. The van der Waals surface area contributed by atoms with Gasteiger partial charge in [0.1, 0.15) is 0 Å². The first-order valence-corrected chi connectivity index (χ1v) is 9.37. The standard InChI is InChI=1S/C15H18F2N2O5S/c1-25(23,24)19-6-2-3-10(8-19)14(20)18-13(15(21)22)9-4-5-11(16)12(17)7-9/h4-5,7,10,13H,2-3,6,8H2,1H3,(H,18,20)(H,21,22)/t10-,13+/m1/s1. The predicted molar refractivity (Wildman–Crippen MR) is 84.0 cm³/mol. The highest BCUT2D eigenvalue weighted by molar-refractivity contribution is 7.88. The van der Waals surface area contributed by atoms with Gasteiger partial charge in [0.2, 0.25) is 15.9 Å². The molecule has 25 heavy (non-hydrogen) atoms. The third kappa shape index (κ3) is 4.73. The highest BCUT2D eigenvalue weighted by Crippen LogP contribution is 2.22. The van der Waals surface area contributed by atoms with E-state index in [1.165, 1.54) is 0 Å². The van der Waals surface area contributed by atoms with Gasteiger partial charge in [0.05, 0.1) is 12.2 Å². The van der Waals surface area contributed by atoms with Gasteiger partial charge in [-0.2, -0.15) is 0 Å². The Morgan fingerprint density at radius 3 is 2.56 bits per heavy atom. The Bertz CT molecular complexity index is 784. The fourth-order valence-corrected chi connectivity index (χ4v) is 3.61. The van der Waals surface area contributed by atoms with Crippen LogP contribution in [0.5, 0.6) is 0 Å². The van der Waals surface area contributed by atoms with E-state index in [1.54, 1.807) is 0 Å². The Labute approximate surface area is 143 Å². The molecule has 1 fully saturated rings. The van der Waals surface area contributed by atoms with Crippen molar-refractivity contribution < 1.29 is 31.9 Å². The number of sulfonamides is 1. The van der Waals surface area contributed by atoms with Crippen LogP contribution in [0.15, 0.2) is 18.2 Å². The summed E-state index contributed by atoms with van der Waals surface area (Å²) in [7, 11) is -3.45. The highest BCUT2D eigenvalue weighted by atomic mass is 32.2. The van der Waals surface area contributed by atoms with Gasteiger partial charge in [-0.3, -0.25) is 4.79 Å². The molecule has 1 aromatic carbocycles. The second-order valence-corrected chi connectivity index (χ2v) is 7.90. The number of hydrogen-bond acceptors (Lipinski definition) is 4. The monoisotopic (exact) mass is 376 g/mol. The predicted octanol–water partition coefficient (Wildman–Crippen LogP) is 0.878. The number of rotatable bonds is 5. The van der Waals surface area contributed by atoms with Gasteiger partial charge in [-0.25, -0.2) is 26.3 Å². The SMILES string of the molecule is CS(=O)(=O)N1CCC[C@@H](C(=O)N[C@H](C(=O)O)c2ccc(F)c(F)c2)C1. The smallest absolute Gasteiger partial charge is 0.330 e. The van der Waals surface area contributed by atoms with Crippen molar-refractivity contribution in [2.75, 3.05) is 19.3 Å². The van der Waals surface area contributed by atoms with Crippen molar-refractivity contribution >= 4 is 21.9 Å². The first-order valence-electron chi connectivity index (χ1n) is 7.53. The van der Waals surface area contributed by atoms with E-state index in [4.69, 9.17) is 0 Å². The lowest BCUT2D eigenvalue weighted by atomic mass is 9.97. The molecule has 1 heterocycles. The summed E-state index contributed by atoms with van der Waals surface area (Å²) in [5, 5.41) is 11.6. The molecule has 1 aliphatic heterocycles. The Hall–Kier alpha value is -2.07. The summed E-state index contributed by atoms with van der Waals surface area (Å²) in [5.74, 6) is -5.15. The van der Waals surface area contributed by atoms with Crippen molar-refractivity contribution in [3.8, 4) is 0 Å². The molecule has 1 aliphatic rings. The van der Waals surface area contributed by atoms with Gasteiger partial charge in [0, 0.05) is 13.1 Å². The summed E-state index contributed by atoms with van der Waals surface area (Å²) in [4.78, 5) is 23.7. The minimum absolute atomic E-state index is 0.0468. The molecule has 0 bridgehead atoms. The minimum Gasteiger partial charge on any atom is -0.479 e. The Morgan fingerprint density at radius 1 is 1.32 bits per heavy atom. The summed E-state index contributed by atoms with van der Waals surface area (Å²) in [6.07, 6.45) is 1.91. The molecule has 7 nitrogen and oxygen atoms in total. The maximum atomic E-state index is 13.3. The van der Waals surface area contributed by atoms with Gasteiger partial charge in [-0.1, -0.05) is 6.07 Å². The van der Waals surface area contributed by atoms with E-state index < -0.39 is 45.5 Å². The molecule has 0 aliphatic carbocycles. The number of carbonyl (C=O) groups is 2. The van der Waals surface area contributed by atoms with E-state index in [9.17, 15) is 31.9 Å². The number of aliphatic carboxylic acids is 1. The number of carbonyl (C=O) groups excluding carboxylic acids is 1. The van der Waals surface area contributed by atoms with Crippen LogP contribution in [-0.4, -0.2) is 49.1 Å². The van der Waals surface area contributed by atoms with Crippen molar-refractivity contribution in [1.29, 1.82) is 0 Å². The normalized spacial score (nSPS) is 20.0. The summed E-state index contributed by atoms with van der Waals surface area (Å²) >= 11 is 0. The Balaban J connectivity index is 2.15. The van der Waals surface area contributed by atoms with Gasteiger partial charge >= 0.3 is 5.97 Å². The highest BCUT2D eigenvalue weighted by Gasteiger charge is 2.32. The van der Waals surface area contributed by atoms with Crippen molar-refractivity contribution in [3.63, 3.8) is 0 Å². The fourth-order valence-electron chi connectivity index (χ4n) is 2.70. The maximum absolute atomic E-state index is 13.3. The van der Waals surface area contributed by atoms with Crippen molar-refractivity contribution in [1.82, 2.24) is 9.62 Å². The maximum Gasteiger partial charge on any atom is 0.330 e. The van der Waals surface area contributed by atoms with Gasteiger partial charge in [0.15, 0.2) is 17.7 Å². The van der Waals surface area contributed by atoms with Gasteiger partial charge in [-0.05, 0) is 30.5 Å². The molecule has 0 unspecified atom stereocenters.